The molecule has 2 N–H and O–H groups in total. The van der Waals surface area contributed by atoms with Crippen LogP contribution >= 0.6 is 0 Å². The van der Waals surface area contributed by atoms with Gasteiger partial charge in [-0.2, -0.15) is 0 Å². The van der Waals surface area contributed by atoms with Crippen LogP contribution in [0.1, 0.15) is 18.4 Å². The Kier molecular flexibility index (Phi) is 3.92. The van der Waals surface area contributed by atoms with Crippen molar-refractivity contribution in [2.45, 2.75) is 25.4 Å². The van der Waals surface area contributed by atoms with Crippen LogP contribution in [-0.2, 0) is 16.1 Å². The molecule has 2 aromatic rings. The van der Waals surface area contributed by atoms with E-state index in [0.29, 0.717) is 19.4 Å². The van der Waals surface area contributed by atoms with Gasteiger partial charge < -0.3 is 10.6 Å². The van der Waals surface area contributed by atoms with E-state index in [-0.39, 0.29) is 5.91 Å². The zero-order valence-corrected chi connectivity index (χ0v) is 12.2. The van der Waals surface area contributed by atoms with Gasteiger partial charge in [0.2, 0.25) is 11.8 Å². The lowest BCUT2D eigenvalue weighted by Crippen LogP contribution is -2.41. The van der Waals surface area contributed by atoms with E-state index in [4.69, 9.17) is 5.73 Å². The second kappa shape index (κ2) is 6.02. The van der Waals surface area contributed by atoms with Crippen molar-refractivity contribution in [1.29, 1.82) is 0 Å². The van der Waals surface area contributed by atoms with Crippen LogP contribution in [0.15, 0.2) is 54.6 Å². The SMILES string of the molecule is NC(=O)[C@H]1CCC(=O)N1Cc1ccc(-c2ccccc2)cc1. The van der Waals surface area contributed by atoms with Crippen LogP contribution in [0.2, 0.25) is 0 Å². The van der Waals surface area contributed by atoms with E-state index in [1.807, 2.05) is 42.5 Å². The van der Waals surface area contributed by atoms with Gasteiger partial charge in [0, 0.05) is 13.0 Å². The van der Waals surface area contributed by atoms with Crippen LogP contribution in [0.3, 0.4) is 0 Å². The number of hydrogen-bond donors (Lipinski definition) is 1. The minimum absolute atomic E-state index is 0.00376. The zero-order chi connectivity index (χ0) is 15.5. The van der Waals surface area contributed by atoms with E-state index in [0.717, 1.165) is 16.7 Å². The maximum absolute atomic E-state index is 11.9. The molecule has 1 atom stereocenters. The van der Waals surface area contributed by atoms with E-state index in [1.54, 1.807) is 4.90 Å². The summed E-state index contributed by atoms with van der Waals surface area (Å²) in [5, 5.41) is 0. The molecule has 0 spiro atoms. The number of rotatable bonds is 4. The smallest absolute Gasteiger partial charge is 0.240 e. The molecule has 4 heteroatoms. The van der Waals surface area contributed by atoms with Crippen LogP contribution in [0.5, 0.6) is 0 Å². The molecule has 0 aromatic heterocycles. The molecule has 0 unspecified atom stereocenters. The highest BCUT2D eigenvalue weighted by Crippen LogP contribution is 2.23. The average molecular weight is 294 g/mol. The topological polar surface area (TPSA) is 63.4 Å². The lowest BCUT2D eigenvalue weighted by molar-refractivity contribution is -0.134. The number of primary amides is 1. The highest BCUT2D eigenvalue weighted by Gasteiger charge is 2.34. The second-order valence-electron chi connectivity index (χ2n) is 5.54. The van der Waals surface area contributed by atoms with Gasteiger partial charge >= 0.3 is 0 Å². The lowest BCUT2D eigenvalue weighted by atomic mass is 10.0. The minimum atomic E-state index is -0.471. The van der Waals surface area contributed by atoms with Crippen LogP contribution in [0.25, 0.3) is 11.1 Å². The molecule has 1 aliphatic heterocycles. The summed E-state index contributed by atoms with van der Waals surface area (Å²) in [6, 6.07) is 17.7. The Labute approximate surface area is 129 Å². The predicted molar refractivity (Wildman–Crippen MR) is 84.6 cm³/mol. The summed E-state index contributed by atoms with van der Waals surface area (Å²) < 4.78 is 0. The molecule has 112 valence electrons. The van der Waals surface area contributed by atoms with E-state index in [9.17, 15) is 9.59 Å². The summed E-state index contributed by atoms with van der Waals surface area (Å²) in [5.41, 5.74) is 8.65. The van der Waals surface area contributed by atoms with Crippen molar-refractivity contribution in [1.82, 2.24) is 4.90 Å². The number of carbonyl (C=O) groups is 2. The number of likely N-dealkylation sites (tertiary alicyclic amines) is 1. The minimum Gasteiger partial charge on any atom is -0.368 e. The molecule has 1 aliphatic rings. The summed E-state index contributed by atoms with van der Waals surface area (Å²) in [7, 11) is 0. The number of nitrogens with two attached hydrogens (primary N) is 1. The van der Waals surface area contributed by atoms with E-state index in [2.05, 4.69) is 12.1 Å². The summed E-state index contributed by atoms with van der Waals surface area (Å²) >= 11 is 0. The van der Waals surface area contributed by atoms with Gasteiger partial charge in [-0.05, 0) is 23.1 Å². The highest BCUT2D eigenvalue weighted by atomic mass is 16.2. The fraction of sp³-hybridized carbons (Fsp3) is 0.222. The Hall–Kier alpha value is -2.62. The normalized spacial score (nSPS) is 17.7. The Morgan fingerprint density at radius 2 is 1.68 bits per heavy atom. The molecule has 22 heavy (non-hydrogen) atoms. The van der Waals surface area contributed by atoms with Crippen molar-refractivity contribution in [3.05, 3.63) is 60.2 Å². The van der Waals surface area contributed by atoms with Crippen molar-refractivity contribution in [3.63, 3.8) is 0 Å². The molecular formula is C18H18N2O2. The highest BCUT2D eigenvalue weighted by molar-refractivity contribution is 5.90. The van der Waals surface area contributed by atoms with Crippen molar-refractivity contribution >= 4 is 11.8 Å². The predicted octanol–water partition coefficient (Wildman–Crippen LogP) is 2.33. The van der Waals surface area contributed by atoms with E-state index >= 15 is 0 Å². The number of carbonyl (C=O) groups excluding carboxylic acids is 2. The van der Waals surface area contributed by atoms with Gasteiger partial charge in [-0.3, -0.25) is 9.59 Å². The van der Waals surface area contributed by atoms with Gasteiger partial charge in [0.25, 0.3) is 0 Å². The Bertz CT molecular complexity index is 680. The molecule has 0 bridgehead atoms. The first kappa shape index (κ1) is 14.3. The van der Waals surface area contributed by atoms with Gasteiger partial charge in [0.05, 0.1) is 0 Å². The standard InChI is InChI=1S/C18H18N2O2/c19-18(22)16-10-11-17(21)20(16)12-13-6-8-15(9-7-13)14-4-2-1-3-5-14/h1-9,16H,10-12H2,(H2,19,22)/t16-/m1/s1. The molecule has 1 heterocycles. The third-order valence-electron chi connectivity index (χ3n) is 4.07. The zero-order valence-electron chi connectivity index (χ0n) is 12.2. The first-order valence-electron chi connectivity index (χ1n) is 7.38. The fourth-order valence-corrected chi connectivity index (χ4v) is 2.86. The van der Waals surface area contributed by atoms with Gasteiger partial charge in [-0.25, -0.2) is 0 Å². The van der Waals surface area contributed by atoms with Crippen LogP contribution in [-0.4, -0.2) is 22.8 Å². The third kappa shape index (κ3) is 2.86. The molecule has 2 aromatic carbocycles. The van der Waals surface area contributed by atoms with Crippen LogP contribution < -0.4 is 5.73 Å². The number of benzene rings is 2. The molecule has 4 nitrogen and oxygen atoms in total. The fourth-order valence-electron chi connectivity index (χ4n) is 2.86. The first-order valence-corrected chi connectivity index (χ1v) is 7.38. The Morgan fingerprint density at radius 3 is 2.32 bits per heavy atom. The maximum Gasteiger partial charge on any atom is 0.240 e. The van der Waals surface area contributed by atoms with Crippen molar-refractivity contribution in [3.8, 4) is 11.1 Å². The largest absolute Gasteiger partial charge is 0.368 e. The molecule has 0 radical (unpaired) electrons. The van der Waals surface area contributed by atoms with Gasteiger partial charge in [-0.15, -0.1) is 0 Å². The molecular weight excluding hydrogens is 276 g/mol. The molecule has 2 amide bonds. The molecule has 1 fully saturated rings. The van der Waals surface area contributed by atoms with Crippen molar-refractivity contribution in [2.75, 3.05) is 0 Å². The van der Waals surface area contributed by atoms with Crippen molar-refractivity contribution in [2.24, 2.45) is 5.73 Å². The summed E-state index contributed by atoms with van der Waals surface area (Å²) in [6.45, 7) is 0.432. The van der Waals surface area contributed by atoms with Crippen molar-refractivity contribution < 1.29 is 9.59 Å². The quantitative estimate of drug-likeness (QED) is 0.940. The van der Waals surface area contributed by atoms with E-state index < -0.39 is 11.9 Å². The Morgan fingerprint density at radius 1 is 1.05 bits per heavy atom. The summed E-state index contributed by atoms with van der Waals surface area (Å²) in [5.74, 6) is -0.428. The maximum atomic E-state index is 11.9. The van der Waals surface area contributed by atoms with E-state index in [1.165, 1.54) is 0 Å². The summed E-state index contributed by atoms with van der Waals surface area (Å²) in [4.78, 5) is 24.9. The first-order chi connectivity index (χ1) is 10.6. The second-order valence-corrected chi connectivity index (χ2v) is 5.54. The lowest BCUT2D eigenvalue weighted by Gasteiger charge is -2.22. The van der Waals surface area contributed by atoms with Crippen LogP contribution in [0.4, 0.5) is 0 Å². The van der Waals surface area contributed by atoms with Gasteiger partial charge in [0.1, 0.15) is 6.04 Å². The number of nitrogens with zero attached hydrogens (tertiary/aromatic N) is 1. The third-order valence-corrected chi connectivity index (χ3v) is 4.07. The Balaban J connectivity index is 1.76. The molecule has 1 saturated heterocycles. The number of amides is 2. The summed E-state index contributed by atoms with van der Waals surface area (Å²) in [6.07, 6.45) is 0.923. The van der Waals surface area contributed by atoms with Crippen LogP contribution in [0, 0.1) is 0 Å². The van der Waals surface area contributed by atoms with Gasteiger partial charge in [0.15, 0.2) is 0 Å². The molecule has 0 saturated carbocycles. The monoisotopic (exact) mass is 294 g/mol. The molecule has 3 rings (SSSR count). The average Bonchev–Trinajstić information content (AvgIpc) is 2.90. The number of hydrogen-bond acceptors (Lipinski definition) is 2. The van der Waals surface area contributed by atoms with Gasteiger partial charge in [-0.1, -0.05) is 54.6 Å². The molecule has 0 aliphatic carbocycles.